The summed E-state index contributed by atoms with van der Waals surface area (Å²) in [6, 6.07) is 7.44. The molecule has 34 heavy (non-hydrogen) atoms. The molecule has 182 valence electrons. The average molecular weight is 612 g/mol. The highest BCUT2D eigenvalue weighted by Gasteiger charge is 2.33. The number of fused-ring (bicyclic) bond motifs is 2. The van der Waals surface area contributed by atoms with Gasteiger partial charge in [0, 0.05) is 40.2 Å². The zero-order valence-corrected chi connectivity index (χ0v) is 23.3. The normalized spacial score (nSPS) is 15.5. The molecule has 1 aromatic carbocycles. The third-order valence-electron chi connectivity index (χ3n) is 5.49. The van der Waals surface area contributed by atoms with Crippen molar-refractivity contribution in [2.75, 3.05) is 30.3 Å². The number of carbonyl (C=O) groups excluding carboxylic acids is 1. The molecule has 3 N–H and O–H groups in total. The number of hydrogen-bond acceptors (Lipinski definition) is 6. The molecule has 4 rings (SSSR count). The lowest BCUT2D eigenvalue weighted by molar-refractivity contribution is 0.0148. The van der Waals surface area contributed by atoms with Gasteiger partial charge in [-0.25, -0.2) is 4.79 Å². The summed E-state index contributed by atoms with van der Waals surface area (Å²) >= 11 is 8.66. The van der Waals surface area contributed by atoms with Gasteiger partial charge in [-0.2, -0.15) is 0 Å². The molecule has 1 atom stereocenters. The minimum atomic E-state index is -0.587. The van der Waals surface area contributed by atoms with Gasteiger partial charge in [0.1, 0.15) is 11.4 Å². The second-order valence-electron chi connectivity index (χ2n) is 9.25. The average Bonchev–Trinajstić information content (AvgIpc) is 3.22. The first-order chi connectivity index (χ1) is 16.1. The minimum absolute atomic E-state index is 0.00379. The third-order valence-corrected chi connectivity index (χ3v) is 7.51. The fraction of sp³-hybridized carbons (Fsp3) is 0.417. The molecule has 1 aliphatic heterocycles. The van der Waals surface area contributed by atoms with E-state index in [1.807, 2.05) is 43.2 Å². The fourth-order valence-electron chi connectivity index (χ4n) is 4.09. The number of aromatic amines is 1. The van der Waals surface area contributed by atoms with Crippen LogP contribution in [0.3, 0.4) is 0 Å². The molecule has 1 aliphatic rings. The van der Waals surface area contributed by atoms with Crippen LogP contribution in [0.4, 0.5) is 16.3 Å². The second kappa shape index (κ2) is 10.3. The predicted octanol–water partition coefficient (Wildman–Crippen LogP) is 6.71. The van der Waals surface area contributed by atoms with E-state index < -0.39 is 5.60 Å². The number of H-pyrrole nitrogens is 1. The number of carbonyl (C=O) groups is 1. The van der Waals surface area contributed by atoms with Gasteiger partial charge in [0.2, 0.25) is 5.43 Å². The maximum absolute atomic E-state index is 13.3. The molecule has 7 nitrogen and oxygen atoms in total. The largest absolute Gasteiger partial charge is 0.444 e. The molecule has 2 aromatic heterocycles. The van der Waals surface area contributed by atoms with Gasteiger partial charge < -0.3 is 25.3 Å². The number of hydrogen-bond donors (Lipinski definition) is 3. The highest BCUT2D eigenvalue weighted by atomic mass is 79.9. The van der Waals surface area contributed by atoms with Crippen LogP contribution in [0.25, 0.3) is 10.2 Å². The minimum Gasteiger partial charge on any atom is -0.444 e. The van der Waals surface area contributed by atoms with E-state index in [1.54, 1.807) is 6.07 Å². The molecule has 0 radical (unpaired) electrons. The number of thiophene rings is 1. The Labute approximate surface area is 219 Å². The van der Waals surface area contributed by atoms with E-state index in [1.165, 1.54) is 11.3 Å². The van der Waals surface area contributed by atoms with Crippen molar-refractivity contribution in [2.24, 2.45) is 0 Å². The molecule has 0 aliphatic carbocycles. The van der Waals surface area contributed by atoms with Gasteiger partial charge >= 0.3 is 6.09 Å². The van der Waals surface area contributed by atoms with Crippen LogP contribution in [0.5, 0.6) is 0 Å². The van der Waals surface area contributed by atoms with E-state index in [4.69, 9.17) is 4.74 Å². The SMILES string of the molecule is CC(C)(C)OC(=O)N(CCCNc1cc(=O)c2sccc2[nH]1)[C@@H]1CCNc2c(Br)cc(Br)cc21. The molecule has 3 heterocycles. The van der Waals surface area contributed by atoms with Gasteiger partial charge in [-0.3, -0.25) is 4.79 Å². The second-order valence-corrected chi connectivity index (χ2v) is 11.9. The summed E-state index contributed by atoms with van der Waals surface area (Å²) in [4.78, 5) is 30.6. The summed E-state index contributed by atoms with van der Waals surface area (Å²) in [5, 5.41) is 8.64. The van der Waals surface area contributed by atoms with Crippen molar-refractivity contribution in [3.05, 3.63) is 54.4 Å². The van der Waals surface area contributed by atoms with Crippen molar-refractivity contribution in [3.63, 3.8) is 0 Å². The summed E-state index contributed by atoms with van der Waals surface area (Å²) < 4.78 is 8.41. The van der Waals surface area contributed by atoms with Gasteiger partial charge in [-0.1, -0.05) is 15.9 Å². The Morgan fingerprint density at radius 1 is 1.29 bits per heavy atom. The standard InChI is InChI=1S/C24H28Br2N4O3S/c1-24(2,3)33-23(32)30(18-5-8-28-21-15(18)11-14(25)12-16(21)26)9-4-7-27-20-13-19(31)22-17(29-20)6-10-34-22/h6,10-13,18,28H,4-5,7-9H2,1-3H3,(H2,27,29,31)/t18-/m1/s1. The lowest BCUT2D eigenvalue weighted by Crippen LogP contribution is -2.42. The Morgan fingerprint density at radius 3 is 2.85 bits per heavy atom. The maximum atomic E-state index is 13.3. The summed E-state index contributed by atoms with van der Waals surface area (Å²) in [6.07, 6.45) is 1.15. The van der Waals surface area contributed by atoms with Crippen LogP contribution in [0.2, 0.25) is 0 Å². The number of anilines is 2. The zero-order chi connectivity index (χ0) is 24.5. The topological polar surface area (TPSA) is 86.5 Å². The molecule has 0 fully saturated rings. The van der Waals surface area contributed by atoms with Gasteiger partial charge in [0.05, 0.1) is 21.9 Å². The quantitative estimate of drug-likeness (QED) is 0.270. The van der Waals surface area contributed by atoms with Gasteiger partial charge in [0.25, 0.3) is 0 Å². The number of halogens is 2. The van der Waals surface area contributed by atoms with E-state index in [0.717, 1.165) is 43.4 Å². The number of aromatic nitrogens is 1. The first-order valence-corrected chi connectivity index (χ1v) is 13.7. The third kappa shape index (κ3) is 5.78. The maximum Gasteiger partial charge on any atom is 0.410 e. The Bertz CT molecular complexity index is 1250. The van der Waals surface area contributed by atoms with Gasteiger partial charge in [-0.15, -0.1) is 11.3 Å². The first-order valence-electron chi connectivity index (χ1n) is 11.2. The van der Waals surface area contributed by atoms with Crippen LogP contribution in [0.15, 0.2) is 43.4 Å². The number of nitrogens with zero attached hydrogens (tertiary/aromatic N) is 1. The summed E-state index contributed by atoms with van der Waals surface area (Å²) in [7, 11) is 0. The molecule has 0 spiro atoms. The number of benzene rings is 1. The van der Waals surface area contributed by atoms with E-state index >= 15 is 0 Å². The summed E-state index contributed by atoms with van der Waals surface area (Å²) in [5.41, 5.74) is 2.31. The molecule has 10 heteroatoms. The molecular formula is C24H28Br2N4O3S. The molecule has 0 unspecified atom stereocenters. The van der Waals surface area contributed by atoms with Gasteiger partial charge in [0.15, 0.2) is 0 Å². The first kappa shape index (κ1) is 25.1. The van der Waals surface area contributed by atoms with Crippen molar-refractivity contribution in [2.45, 2.75) is 45.3 Å². The van der Waals surface area contributed by atoms with E-state index in [-0.39, 0.29) is 17.6 Å². The molecule has 1 amide bonds. The zero-order valence-electron chi connectivity index (χ0n) is 19.3. The number of nitrogens with one attached hydrogen (secondary N) is 3. The van der Waals surface area contributed by atoms with Crippen LogP contribution in [0.1, 0.15) is 45.2 Å². The van der Waals surface area contributed by atoms with Crippen LogP contribution in [-0.4, -0.2) is 41.2 Å². The van der Waals surface area contributed by atoms with Crippen LogP contribution >= 0.6 is 43.2 Å². The van der Waals surface area contributed by atoms with E-state index in [0.29, 0.717) is 25.3 Å². The molecule has 3 aromatic rings. The van der Waals surface area contributed by atoms with Crippen LogP contribution < -0.4 is 16.1 Å². The number of amides is 1. The lowest BCUT2D eigenvalue weighted by atomic mass is 9.96. The smallest absolute Gasteiger partial charge is 0.410 e. The number of pyridine rings is 1. The van der Waals surface area contributed by atoms with Gasteiger partial charge in [-0.05, 0) is 73.1 Å². The van der Waals surface area contributed by atoms with Crippen molar-refractivity contribution in [1.29, 1.82) is 0 Å². The highest BCUT2D eigenvalue weighted by molar-refractivity contribution is 9.11. The highest BCUT2D eigenvalue weighted by Crippen LogP contribution is 2.41. The van der Waals surface area contributed by atoms with Crippen LogP contribution in [-0.2, 0) is 4.74 Å². The monoisotopic (exact) mass is 610 g/mol. The van der Waals surface area contributed by atoms with E-state index in [9.17, 15) is 9.59 Å². The lowest BCUT2D eigenvalue weighted by Gasteiger charge is -2.37. The predicted molar refractivity (Wildman–Crippen MR) is 146 cm³/mol. The Hall–Kier alpha value is -2.04. The van der Waals surface area contributed by atoms with Crippen LogP contribution in [0, 0.1) is 0 Å². The van der Waals surface area contributed by atoms with Crippen molar-refractivity contribution in [1.82, 2.24) is 9.88 Å². The summed E-state index contributed by atoms with van der Waals surface area (Å²) in [5.74, 6) is 0.680. The van der Waals surface area contributed by atoms with Crippen molar-refractivity contribution < 1.29 is 9.53 Å². The Morgan fingerprint density at radius 2 is 2.09 bits per heavy atom. The number of ether oxygens (including phenoxy) is 1. The Kier molecular flexibility index (Phi) is 7.59. The molecule has 0 saturated heterocycles. The number of rotatable bonds is 6. The molecular weight excluding hydrogens is 584 g/mol. The Balaban J connectivity index is 1.50. The summed E-state index contributed by atoms with van der Waals surface area (Å²) in [6.45, 7) is 7.52. The molecule has 0 saturated carbocycles. The van der Waals surface area contributed by atoms with E-state index in [2.05, 4.69) is 53.5 Å². The van der Waals surface area contributed by atoms with Crippen molar-refractivity contribution >= 4 is 71.0 Å². The molecule has 0 bridgehead atoms. The van der Waals surface area contributed by atoms with Crippen molar-refractivity contribution in [3.8, 4) is 0 Å². The fourth-order valence-corrected chi connectivity index (χ4v) is 6.25.